The van der Waals surface area contributed by atoms with Crippen LogP contribution in [0.5, 0.6) is 0 Å². The van der Waals surface area contributed by atoms with E-state index in [2.05, 4.69) is 4.72 Å². The first-order valence-electron chi connectivity index (χ1n) is 6.99. The summed E-state index contributed by atoms with van der Waals surface area (Å²) in [4.78, 5) is 0. The summed E-state index contributed by atoms with van der Waals surface area (Å²) in [6.07, 6.45) is 2.84. The second-order valence-corrected chi connectivity index (χ2v) is 6.88. The third-order valence-electron chi connectivity index (χ3n) is 3.73. The highest BCUT2D eigenvalue weighted by atomic mass is 32.2. The third-order valence-corrected chi connectivity index (χ3v) is 5.47. The minimum Gasteiger partial charge on any atom is -0.394 e. The van der Waals surface area contributed by atoms with Crippen molar-refractivity contribution < 1.29 is 13.5 Å². The average molecular weight is 298 g/mol. The average Bonchev–Trinajstić information content (AvgIpc) is 2.46. The Hall–Kier alpha value is -0.950. The Morgan fingerprint density at radius 2 is 2.05 bits per heavy atom. The molecular weight excluding hydrogens is 276 g/mol. The molecule has 1 heterocycles. The van der Waals surface area contributed by atoms with Crippen LogP contribution in [-0.2, 0) is 10.2 Å². The van der Waals surface area contributed by atoms with Crippen molar-refractivity contribution in [3.8, 4) is 0 Å². The molecule has 20 heavy (non-hydrogen) atoms. The van der Waals surface area contributed by atoms with Gasteiger partial charge in [-0.3, -0.25) is 0 Å². The maximum absolute atomic E-state index is 12.4. The third kappa shape index (κ3) is 3.58. The molecule has 2 atom stereocenters. The molecule has 0 aliphatic carbocycles. The van der Waals surface area contributed by atoms with Gasteiger partial charge < -0.3 is 5.11 Å². The van der Waals surface area contributed by atoms with Crippen LogP contribution in [0.15, 0.2) is 30.3 Å². The SMILES string of the molecule is CC1CCCCN1S(=O)(=O)N[C@H](CO)c1ccccc1. The van der Waals surface area contributed by atoms with Gasteiger partial charge in [-0.1, -0.05) is 36.8 Å². The summed E-state index contributed by atoms with van der Waals surface area (Å²) in [7, 11) is -3.57. The zero-order valence-electron chi connectivity index (χ0n) is 11.7. The molecule has 6 heteroatoms. The van der Waals surface area contributed by atoms with Crippen molar-refractivity contribution in [2.75, 3.05) is 13.2 Å². The first-order chi connectivity index (χ1) is 9.54. The van der Waals surface area contributed by atoms with E-state index in [4.69, 9.17) is 0 Å². The number of benzene rings is 1. The lowest BCUT2D eigenvalue weighted by Crippen LogP contribution is -2.49. The fourth-order valence-corrected chi connectivity index (χ4v) is 4.23. The van der Waals surface area contributed by atoms with Gasteiger partial charge in [0.2, 0.25) is 0 Å². The predicted octanol–water partition coefficient (Wildman–Crippen LogP) is 1.43. The lowest BCUT2D eigenvalue weighted by Gasteiger charge is -2.33. The molecule has 0 amide bonds. The minimum atomic E-state index is -3.57. The Balaban J connectivity index is 2.13. The molecular formula is C14H22N2O3S. The van der Waals surface area contributed by atoms with E-state index >= 15 is 0 Å². The highest BCUT2D eigenvalue weighted by molar-refractivity contribution is 7.87. The number of hydrogen-bond acceptors (Lipinski definition) is 3. The number of nitrogens with zero attached hydrogens (tertiary/aromatic N) is 1. The molecule has 0 saturated carbocycles. The van der Waals surface area contributed by atoms with Gasteiger partial charge in [-0.05, 0) is 25.3 Å². The van der Waals surface area contributed by atoms with Crippen LogP contribution < -0.4 is 4.72 Å². The van der Waals surface area contributed by atoms with Crippen molar-refractivity contribution >= 4 is 10.2 Å². The van der Waals surface area contributed by atoms with Crippen molar-refractivity contribution in [2.45, 2.75) is 38.3 Å². The van der Waals surface area contributed by atoms with Gasteiger partial charge in [0.25, 0.3) is 10.2 Å². The predicted molar refractivity (Wildman–Crippen MR) is 78.3 cm³/mol. The summed E-state index contributed by atoms with van der Waals surface area (Å²) in [6.45, 7) is 2.21. The summed E-state index contributed by atoms with van der Waals surface area (Å²) in [5.41, 5.74) is 0.767. The van der Waals surface area contributed by atoms with Crippen LogP contribution in [0.25, 0.3) is 0 Å². The number of nitrogens with one attached hydrogen (secondary N) is 1. The van der Waals surface area contributed by atoms with E-state index in [0.29, 0.717) is 6.54 Å². The largest absolute Gasteiger partial charge is 0.394 e. The van der Waals surface area contributed by atoms with Crippen molar-refractivity contribution in [3.05, 3.63) is 35.9 Å². The molecule has 2 N–H and O–H groups in total. The Morgan fingerprint density at radius 3 is 2.65 bits per heavy atom. The minimum absolute atomic E-state index is 0.0105. The lowest BCUT2D eigenvalue weighted by atomic mass is 10.1. The molecule has 0 spiro atoms. The Kier molecular flexibility index (Phi) is 5.15. The van der Waals surface area contributed by atoms with E-state index in [-0.39, 0.29) is 12.6 Å². The molecule has 1 aromatic carbocycles. The summed E-state index contributed by atoms with van der Waals surface area (Å²) in [5.74, 6) is 0. The lowest BCUT2D eigenvalue weighted by molar-refractivity contribution is 0.241. The molecule has 5 nitrogen and oxygen atoms in total. The molecule has 1 aliphatic heterocycles. The topological polar surface area (TPSA) is 69.6 Å². The highest BCUT2D eigenvalue weighted by Crippen LogP contribution is 2.21. The van der Waals surface area contributed by atoms with Gasteiger partial charge >= 0.3 is 0 Å². The summed E-state index contributed by atoms with van der Waals surface area (Å²) in [5, 5.41) is 9.46. The second-order valence-electron chi connectivity index (χ2n) is 5.22. The fourth-order valence-electron chi connectivity index (χ4n) is 2.57. The van der Waals surface area contributed by atoms with E-state index in [1.54, 1.807) is 0 Å². The standard InChI is InChI=1S/C14H22N2O3S/c1-12-7-5-6-10-16(12)20(18,19)15-14(11-17)13-8-3-2-4-9-13/h2-4,8-9,12,14-15,17H,5-7,10-11H2,1H3/t12?,14-/m1/s1. The Labute approximate surface area is 120 Å². The summed E-state index contributed by atoms with van der Waals surface area (Å²) >= 11 is 0. The van der Waals surface area contributed by atoms with Crippen LogP contribution in [0.2, 0.25) is 0 Å². The monoisotopic (exact) mass is 298 g/mol. The molecule has 1 aromatic rings. The molecule has 1 saturated heterocycles. The van der Waals surface area contributed by atoms with E-state index in [9.17, 15) is 13.5 Å². The number of aliphatic hydroxyl groups excluding tert-OH is 1. The van der Waals surface area contributed by atoms with Gasteiger partial charge in [0, 0.05) is 12.6 Å². The first kappa shape index (κ1) is 15.4. The molecule has 2 rings (SSSR count). The highest BCUT2D eigenvalue weighted by Gasteiger charge is 2.31. The van der Waals surface area contributed by atoms with Crippen LogP contribution in [0.1, 0.15) is 37.8 Å². The smallest absolute Gasteiger partial charge is 0.280 e. The van der Waals surface area contributed by atoms with Gasteiger partial charge in [0.05, 0.1) is 12.6 Å². The molecule has 0 aromatic heterocycles. The van der Waals surface area contributed by atoms with Gasteiger partial charge in [-0.15, -0.1) is 0 Å². The summed E-state index contributed by atoms with van der Waals surface area (Å²) in [6, 6.07) is 8.54. The number of rotatable bonds is 5. The molecule has 0 radical (unpaired) electrons. The van der Waals surface area contributed by atoms with Crippen molar-refractivity contribution in [1.29, 1.82) is 0 Å². The molecule has 1 fully saturated rings. The maximum Gasteiger partial charge on any atom is 0.280 e. The van der Waals surface area contributed by atoms with E-state index in [0.717, 1.165) is 24.8 Å². The number of aliphatic hydroxyl groups is 1. The second kappa shape index (κ2) is 6.67. The quantitative estimate of drug-likeness (QED) is 0.864. The first-order valence-corrected chi connectivity index (χ1v) is 8.43. The zero-order valence-corrected chi connectivity index (χ0v) is 12.5. The van der Waals surface area contributed by atoms with Crippen LogP contribution in [-0.4, -0.2) is 37.0 Å². The normalized spacial score (nSPS) is 22.6. The molecule has 1 aliphatic rings. The van der Waals surface area contributed by atoms with Gasteiger partial charge in [0.15, 0.2) is 0 Å². The number of piperidine rings is 1. The number of hydrogen-bond donors (Lipinski definition) is 2. The fraction of sp³-hybridized carbons (Fsp3) is 0.571. The van der Waals surface area contributed by atoms with Crippen molar-refractivity contribution in [1.82, 2.24) is 9.03 Å². The van der Waals surface area contributed by atoms with E-state index in [1.165, 1.54) is 4.31 Å². The van der Waals surface area contributed by atoms with Crippen LogP contribution in [0.4, 0.5) is 0 Å². The zero-order chi connectivity index (χ0) is 14.6. The van der Waals surface area contributed by atoms with Crippen molar-refractivity contribution in [2.24, 2.45) is 0 Å². The Bertz CT molecular complexity index is 518. The van der Waals surface area contributed by atoms with Gasteiger partial charge in [0.1, 0.15) is 0 Å². The maximum atomic E-state index is 12.4. The van der Waals surface area contributed by atoms with Crippen molar-refractivity contribution in [3.63, 3.8) is 0 Å². The van der Waals surface area contributed by atoms with Crippen LogP contribution in [0, 0.1) is 0 Å². The molecule has 1 unspecified atom stereocenters. The molecule has 0 bridgehead atoms. The Morgan fingerprint density at radius 1 is 1.35 bits per heavy atom. The van der Waals surface area contributed by atoms with Gasteiger partial charge in [-0.2, -0.15) is 17.4 Å². The van der Waals surface area contributed by atoms with Crippen LogP contribution >= 0.6 is 0 Å². The molecule has 112 valence electrons. The van der Waals surface area contributed by atoms with E-state index in [1.807, 2.05) is 37.3 Å². The van der Waals surface area contributed by atoms with Crippen LogP contribution in [0.3, 0.4) is 0 Å². The van der Waals surface area contributed by atoms with E-state index < -0.39 is 16.3 Å². The summed E-state index contributed by atoms with van der Waals surface area (Å²) < 4.78 is 29.0. The van der Waals surface area contributed by atoms with Gasteiger partial charge in [-0.25, -0.2) is 0 Å².